The van der Waals surface area contributed by atoms with Crippen LogP contribution >= 0.6 is 15.9 Å². The fourth-order valence-corrected chi connectivity index (χ4v) is 1.31. The molecular formula is C10H14BrNO. The third kappa shape index (κ3) is 2.44. The maximum absolute atomic E-state index is 5.53. The van der Waals surface area contributed by atoms with Crippen LogP contribution in [0.3, 0.4) is 0 Å². The molecule has 0 bridgehead atoms. The number of pyridine rings is 1. The van der Waals surface area contributed by atoms with Crippen molar-refractivity contribution in [1.82, 2.24) is 4.98 Å². The monoisotopic (exact) mass is 243 g/mol. The summed E-state index contributed by atoms with van der Waals surface area (Å²) >= 11 is 3.40. The van der Waals surface area contributed by atoms with Gasteiger partial charge in [-0.1, -0.05) is 0 Å². The average molecular weight is 244 g/mol. The van der Waals surface area contributed by atoms with E-state index < -0.39 is 0 Å². The lowest BCUT2D eigenvalue weighted by atomic mass is 10.4. The van der Waals surface area contributed by atoms with Gasteiger partial charge in [0.1, 0.15) is 0 Å². The number of aromatic nitrogens is 1. The van der Waals surface area contributed by atoms with E-state index in [-0.39, 0.29) is 1.43 Å². The first-order valence-electron chi connectivity index (χ1n) is 4.51. The Balaban J connectivity index is 0.000000980. The Morgan fingerprint density at radius 2 is 2.38 bits per heavy atom. The molecule has 2 nitrogen and oxygen atoms in total. The normalized spacial score (nSPS) is 15.8. The number of ether oxygens (including phenoxy) is 1. The standard InChI is InChI=1S/C10H12BrNO.H2/c1-7-9(11)4-5-10(12-7)13-6-8-2-3-8;/h4-5,8H,2-3,6H2,1H3;1H. The largest absolute Gasteiger partial charge is 0.477 e. The number of halogens is 1. The molecule has 1 saturated carbocycles. The molecule has 0 N–H and O–H groups in total. The maximum atomic E-state index is 5.53. The molecule has 1 fully saturated rings. The Kier molecular flexibility index (Phi) is 2.54. The third-order valence-corrected chi connectivity index (χ3v) is 3.00. The van der Waals surface area contributed by atoms with E-state index in [1.807, 2.05) is 19.1 Å². The SMILES string of the molecule is Cc1nc(OCC2CC2)ccc1Br.[HH]. The van der Waals surface area contributed by atoms with Crippen molar-refractivity contribution in [3.63, 3.8) is 0 Å². The van der Waals surface area contributed by atoms with Crippen LogP contribution in [0, 0.1) is 12.8 Å². The van der Waals surface area contributed by atoms with Crippen LogP contribution in [-0.4, -0.2) is 11.6 Å². The lowest BCUT2D eigenvalue weighted by Gasteiger charge is -2.05. The minimum absolute atomic E-state index is 0. The van der Waals surface area contributed by atoms with E-state index in [0.717, 1.165) is 28.6 Å². The van der Waals surface area contributed by atoms with Gasteiger partial charge in [0.05, 0.1) is 12.3 Å². The highest BCUT2D eigenvalue weighted by atomic mass is 79.9. The van der Waals surface area contributed by atoms with Crippen molar-refractivity contribution in [3.05, 3.63) is 22.3 Å². The van der Waals surface area contributed by atoms with Gasteiger partial charge in [0.15, 0.2) is 0 Å². The topological polar surface area (TPSA) is 22.1 Å². The summed E-state index contributed by atoms with van der Waals surface area (Å²) in [6.07, 6.45) is 2.63. The predicted octanol–water partition coefficient (Wildman–Crippen LogP) is 3.19. The maximum Gasteiger partial charge on any atom is 0.213 e. The molecule has 1 aliphatic carbocycles. The van der Waals surface area contributed by atoms with Gasteiger partial charge < -0.3 is 4.74 Å². The highest BCUT2D eigenvalue weighted by Crippen LogP contribution is 2.29. The van der Waals surface area contributed by atoms with E-state index in [4.69, 9.17) is 4.74 Å². The third-order valence-electron chi connectivity index (χ3n) is 2.16. The molecule has 0 aliphatic heterocycles. The Bertz CT molecular complexity index is 315. The first kappa shape index (κ1) is 9.00. The molecule has 1 aromatic heterocycles. The van der Waals surface area contributed by atoms with Crippen molar-refractivity contribution in [2.24, 2.45) is 5.92 Å². The van der Waals surface area contributed by atoms with Crippen molar-refractivity contribution in [3.8, 4) is 5.88 Å². The molecule has 0 unspecified atom stereocenters. The van der Waals surface area contributed by atoms with Gasteiger partial charge in [0.2, 0.25) is 5.88 Å². The number of nitrogens with zero attached hydrogens (tertiary/aromatic N) is 1. The van der Waals surface area contributed by atoms with Crippen LogP contribution < -0.4 is 4.74 Å². The van der Waals surface area contributed by atoms with Crippen LogP contribution in [0.5, 0.6) is 5.88 Å². The second kappa shape index (κ2) is 3.66. The average Bonchev–Trinajstić information content (AvgIpc) is 2.91. The summed E-state index contributed by atoms with van der Waals surface area (Å²) in [7, 11) is 0. The Morgan fingerprint density at radius 1 is 1.62 bits per heavy atom. The molecule has 0 amide bonds. The van der Waals surface area contributed by atoms with Gasteiger partial charge in [-0.2, -0.15) is 0 Å². The quantitative estimate of drug-likeness (QED) is 0.814. The van der Waals surface area contributed by atoms with Gasteiger partial charge in [-0.05, 0) is 47.7 Å². The first-order chi connectivity index (χ1) is 6.25. The van der Waals surface area contributed by atoms with Crippen molar-refractivity contribution in [1.29, 1.82) is 0 Å². The number of hydrogen-bond acceptors (Lipinski definition) is 2. The zero-order chi connectivity index (χ0) is 9.26. The molecule has 1 aliphatic rings. The van der Waals surface area contributed by atoms with Crippen molar-refractivity contribution >= 4 is 15.9 Å². The van der Waals surface area contributed by atoms with Crippen LogP contribution in [0.25, 0.3) is 0 Å². The smallest absolute Gasteiger partial charge is 0.213 e. The van der Waals surface area contributed by atoms with E-state index in [1.165, 1.54) is 12.8 Å². The molecule has 3 heteroatoms. The van der Waals surface area contributed by atoms with Gasteiger partial charge in [0, 0.05) is 12.0 Å². The van der Waals surface area contributed by atoms with Crippen LogP contribution in [0.15, 0.2) is 16.6 Å². The molecule has 72 valence electrons. The summed E-state index contributed by atoms with van der Waals surface area (Å²) in [5.74, 6) is 1.53. The summed E-state index contributed by atoms with van der Waals surface area (Å²) in [4.78, 5) is 4.30. The lowest BCUT2D eigenvalue weighted by Crippen LogP contribution is -2.01. The molecule has 13 heavy (non-hydrogen) atoms. The predicted molar refractivity (Wildman–Crippen MR) is 57.0 cm³/mol. The first-order valence-corrected chi connectivity index (χ1v) is 5.31. The molecule has 0 spiro atoms. The van der Waals surface area contributed by atoms with Crippen LogP contribution in [0.2, 0.25) is 0 Å². The van der Waals surface area contributed by atoms with Gasteiger partial charge in [0.25, 0.3) is 0 Å². The molecule has 0 radical (unpaired) electrons. The molecule has 1 heterocycles. The van der Waals surface area contributed by atoms with Crippen LogP contribution in [-0.2, 0) is 0 Å². The van der Waals surface area contributed by atoms with Crippen molar-refractivity contribution in [2.45, 2.75) is 19.8 Å². The van der Waals surface area contributed by atoms with Gasteiger partial charge in [-0.15, -0.1) is 0 Å². The van der Waals surface area contributed by atoms with E-state index in [2.05, 4.69) is 20.9 Å². The Labute approximate surface area is 87.9 Å². The van der Waals surface area contributed by atoms with Crippen LogP contribution in [0.1, 0.15) is 20.0 Å². The lowest BCUT2D eigenvalue weighted by molar-refractivity contribution is 0.288. The minimum Gasteiger partial charge on any atom is -0.477 e. The Morgan fingerprint density at radius 3 is 3.00 bits per heavy atom. The number of hydrogen-bond donors (Lipinski definition) is 0. The van der Waals surface area contributed by atoms with E-state index in [1.54, 1.807) is 0 Å². The van der Waals surface area contributed by atoms with Gasteiger partial charge in [-0.3, -0.25) is 0 Å². The van der Waals surface area contributed by atoms with Crippen molar-refractivity contribution < 1.29 is 6.16 Å². The zero-order valence-electron chi connectivity index (χ0n) is 7.59. The van der Waals surface area contributed by atoms with E-state index >= 15 is 0 Å². The second-order valence-electron chi connectivity index (χ2n) is 3.47. The fourth-order valence-electron chi connectivity index (χ4n) is 1.09. The molecular weight excluding hydrogens is 230 g/mol. The number of rotatable bonds is 3. The van der Waals surface area contributed by atoms with E-state index in [9.17, 15) is 0 Å². The molecule has 1 aromatic rings. The fraction of sp³-hybridized carbons (Fsp3) is 0.500. The minimum atomic E-state index is 0. The van der Waals surface area contributed by atoms with Gasteiger partial charge >= 0.3 is 0 Å². The number of aryl methyl sites for hydroxylation is 1. The Hall–Kier alpha value is -0.570. The highest BCUT2D eigenvalue weighted by Gasteiger charge is 2.22. The molecule has 0 atom stereocenters. The summed E-state index contributed by atoms with van der Waals surface area (Å²) < 4.78 is 6.57. The van der Waals surface area contributed by atoms with Crippen LogP contribution in [0.4, 0.5) is 0 Å². The summed E-state index contributed by atoms with van der Waals surface area (Å²) in [5, 5.41) is 0. The molecule has 2 rings (SSSR count). The van der Waals surface area contributed by atoms with Crippen molar-refractivity contribution in [2.75, 3.05) is 6.61 Å². The molecule has 0 aromatic carbocycles. The summed E-state index contributed by atoms with van der Waals surface area (Å²) in [6.45, 7) is 2.79. The summed E-state index contributed by atoms with van der Waals surface area (Å²) in [5.41, 5.74) is 0.980. The second-order valence-corrected chi connectivity index (χ2v) is 4.33. The highest BCUT2D eigenvalue weighted by molar-refractivity contribution is 9.10. The van der Waals surface area contributed by atoms with E-state index in [0.29, 0.717) is 0 Å². The summed E-state index contributed by atoms with van der Waals surface area (Å²) in [6, 6.07) is 3.88. The molecule has 0 saturated heterocycles. The van der Waals surface area contributed by atoms with Gasteiger partial charge in [-0.25, -0.2) is 4.98 Å². The zero-order valence-corrected chi connectivity index (χ0v) is 9.17.